The van der Waals surface area contributed by atoms with Gasteiger partial charge < -0.3 is 10.2 Å². The number of anilines is 1. The second-order valence-corrected chi connectivity index (χ2v) is 11.5. The molecule has 0 aromatic heterocycles. The van der Waals surface area contributed by atoms with Crippen LogP contribution in [0.4, 0.5) is 14.5 Å². The summed E-state index contributed by atoms with van der Waals surface area (Å²) in [7, 11) is -4.27. The molecule has 0 saturated heterocycles. The smallest absolute Gasteiger partial charge is 0.264 e. The monoisotopic (exact) mass is 555 g/mol. The molecule has 0 spiro atoms. The lowest BCUT2D eigenvalue weighted by Crippen LogP contribution is -2.52. The molecule has 3 aromatic carbocycles. The number of nitrogens with zero attached hydrogens (tertiary/aromatic N) is 2. The topological polar surface area (TPSA) is 86.8 Å². The number of amides is 2. The van der Waals surface area contributed by atoms with Crippen molar-refractivity contribution >= 4 is 27.5 Å². The van der Waals surface area contributed by atoms with Crippen LogP contribution >= 0.6 is 0 Å². The van der Waals surface area contributed by atoms with Gasteiger partial charge in [0.25, 0.3) is 10.0 Å². The zero-order valence-electron chi connectivity index (χ0n) is 21.6. The summed E-state index contributed by atoms with van der Waals surface area (Å²) in [6.07, 6.45) is 3.76. The average molecular weight is 556 g/mol. The van der Waals surface area contributed by atoms with Crippen LogP contribution in [0, 0.1) is 11.6 Å². The van der Waals surface area contributed by atoms with Gasteiger partial charge >= 0.3 is 0 Å². The number of nitrogens with one attached hydrogen (secondary N) is 1. The van der Waals surface area contributed by atoms with E-state index in [9.17, 15) is 26.8 Å². The normalized spacial score (nSPS) is 14.5. The fourth-order valence-electron chi connectivity index (χ4n) is 4.62. The van der Waals surface area contributed by atoms with Gasteiger partial charge in [-0.1, -0.05) is 43.2 Å². The Morgan fingerprint density at radius 2 is 1.46 bits per heavy atom. The highest BCUT2D eigenvalue weighted by Gasteiger charge is 2.33. The van der Waals surface area contributed by atoms with Crippen LogP contribution in [0.1, 0.15) is 38.2 Å². The van der Waals surface area contributed by atoms with Crippen molar-refractivity contribution in [1.29, 1.82) is 0 Å². The number of benzene rings is 3. The highest BCUT2D eigenvalue weighted by Crippen LogP contribution is 2.25. The minimum atomic E-state index is -4.27. The van der Waals surface area contributed by atoms with Crippen molar-refractivity contribution in [2.45, 2.75) is 56.1 Å². The first-order chi connectivity index (χ1) is 18.6. The molecule has 0 unspecified atom stereocenters. The highest BCUT2D eigenvalue weighted by atomic mass is 32.2. The Bertz CT molecular complexity index is 1380. The second kappa shape index (κ2) is 12.4. The third kappa shape index (κ3) is 7.00. The molecule has 39 heavy (non-hydrogen) atoms. The van der Waals surface area contributed by atoms with E-state index >= 15 is 0 Å². The molecule has 2 amide bonds. The number of rotatable bonds is 10. The Labute approximate surface area is 227 Å². The quantitative estimate of drug-likeness (QED) is 0.395. The van der Waals surface area contributed by atoms with Crippen LogP contribution in [-0.2, 0) is 26.2 Å². The molecule has 7 nitrogen and oxygen atoms in total. The Morgan fingerprint density at radius 3 is 2.05 bits per heavy atom. The maximum absolute atomic E-state index is 13.8. The van der Waals surface area contributed by atoms with E-state index in [4.69, 9.17) is 0 Å². The summed E-state index contributed by atoms with van der Waals surface area (Å²) in [5.74, 6) is -2.00. The molecule has 0 bridgehead atoms. The first-order valence-electron chi connectivity index (χ1n) is 12.8. The minimum Gasteiger partial charge on any atom is -0.352 e. The molecule has 1 fully saturated rings. The van der Waals surface area contributed by atoms with Gasteiger partial charge in [-0.25, -0.2) is 17.2 Å². The molecule has 4 rings (SSSR count). The maximum Gasteiger partial charge on any atom is 0.264 e. The average Bonchev–Trinajstić information content (AvgIpc) is 3.44. The van der Waals surface area contributed by atoms with Gasteiger partial charge in [-0.05, 0) is 73.9 Å². The molecule has 0 radical (unpaired) electrons. The molecular formula is C29H31F2N3O4S. The van der Waals surface area contributed by atoms with Gasteiger partial charge in [-0.3, -0.25) is 13.9 Å². The van der Waals surface area contributed by atoms with Crippen LogP contribution in [0.2, 0.25) is 0 Å². The standard InChI is InChI=1S/C29H31F2N3O4S/c1-21(29(36)32-25-7-5-6-8-25)33(19-22-11-13-23(30)14-12-22)28(35)20-34(26-9-3-2-4-10-26)39(37,38)27-17-15-24(31)16-18-27/h2-4,9-18,21,25H,5-8,19-20H2,1H3,(H,32,36)/t21-/m1/s1. The van der Waals surface area contributed by atoms with Crippen molar-refractivity contribution in [1.82, 2.24) is 10.2 Å². The van der Waals surface area contributed by atoms with Crippen molar-refractivity contribution in [2.24, 2.45) is 0 Å². The molecule has 1 aliphatic carbocycles. The Morgan fingerprint density at radius 1 is 0.897 bits per heavy atom. The fourth-order valence-corrected chi connectivity index (χ4v) is 6.03. The Hall–Kier alpha value is -3.79. The van der Waals surface area contributed by atoms with Crippen LogP contribution in [0.5, 0.6) is 0 Å². The van der Waals surface area contributed by atoms with Gasteiger partial charge in [0.05, 0.1) is 10.6 Å². The van der Waals surface area contributed by atoms with Gasteiger partial charge in [0.2, 0.25) is 11.8 Å². The van der Waals surface area contributed by atoms with E-state index in [0.29, 0.717) is 5.56 Å². The summed E-state index contributed by atoms with van der Waals surface area (Å²) in [6.45, 7) is 0.955. The lowest BCUT2D eigenvalue weighted by molar-refractivity contribution is -0.139. The molecule has 1 N–H and O–H groups in total. The summed E-state index contributed by atoms with van der Waals surface area (Å²) in [6, 6.07) is 17.1. The first kappa shape index (κ1) is 28.2. The third-order valence-electron chi connectivity index (χ3n) is 6.86. The number of para-hydroxylation sites is 1. The SMILES string of the molecule is C[C@H](C(=O)NC1CCCC1)N(Cc1ccc(F)cc1)C(=O)CN(c1ccccc1)S(=O)(=O)c1ccc(F)cc1. The van der Waals surface area contributed by atoms with Crippen LogP contribution in [0.15, 0.2) is 83.8 Å². The molecular weight excluding hydrogens is 524 g/mol. The summed E-state index contributed by atoms with van der Waals surface area (Å²) in [4.78, 5) is 28.1. The molecule has 1 atom stereocenters. The third-order valence-corrected chi connectivity index (χ3v) is 8.65. The van der Waals surface area contributed by atoms with Gasteiger partial charge in [0.15, 0.2) is 0 Å². The second-order valence-electron chi connectivity index (χ2n) is 9.62. The van der Waals surface area contributed by atoms with Crippen molar-refractivity contribution < 1.29 is 26.8 Å². The van der Waals surface area contributed by atoms with Gasteiger partial charge in [-0.2, -0.15) is 0 Å². The van der Waals surface area contributed by atoms with Gasteiger partial charge in [-0.15, -0.1) is 0 Å². The largest absolute Gasteiger partial charge is 0.352 e. The van der Waals surface area contributed by atoms with E-state index < -0.39 is 40.2 Å². The molecule has 1 saturated carbocycles. The summed E-state index contributed by atoms with van der Waals surface area (Å²) in [5.41, 5.74) is 0.817. The molecule has 3 aromatic rings. The number of hydrogen-bond acceptors (Lipinski definition) is 4. The van der Waals surface area contributed by atoms with Crippen LogP contribution in [0.25, 0.3) is 0 Å². The van der Waals surface area contributed by atoms with E-state index in [1.165, 1.54) is 29.2 Å². The van der Waals surface area contributed by atoms with E-state index in [1.807, 2.05) is 0 Å². The van der Waals surface area contributed by atoms with E-state index in [2.05, 4.69) is 5.32 Å². The zero-order chi connectivity index (χ0) is 28.0. The number of halogens is 2. The van der Waals surface area contributed by atoms with Crippen LogP contribution in [-0.4, -0.2) is 43.8 Å². The Kier molecular flexibility index (Phi) is 8.96. The number of carbonyl (C=O) groups is 2. The number of carbonyl (C=O) groups excluding carboxylic acids is 2. The summed E-state index contributed by atoms with van der Waals surface area (Å²) in [5, 5.41) is 3.00. The zero-order valence-corrected chi connectivity index (χ0v) is 22.4. The molecule has 1 aliphatic rings. The molecule has 10 heteroatoms. The van der Waals surface area contributed by atoms with E-state index in [0.717, 1.165) is 54.3 Å². The Balaban J connectivity index is 1.66. The van der Waals surface area contributed by atoms with Crippen LogP contribution in [0.3, 0.4) is 0 Å². The predicted octanol–water partition coefficient (Wildman–Crippen LogP) is 4.64. The van der Waals surface area contributed by atoms with Crippen molar-refractivity contribution in [3.63, 3.8) is 0 Å². The van der Waals surface area contributed by atoms with E-state index in [1.54, 1.807) is 37.3 Å². The van der Waals surface area contributed by atoms with Crippen molar-refractivity contribution in [3.05, 3.63) is 96.1 Å². The van der Waals surface area contributed by atoms with Gasteiger partial charge in [0.1, 0.15) is 24.2 Å². The minimum absolute atomic E-state index is 0.0300. The summed E-state index contributed by atoms with van der Waals surface area (Å²) < 4.78 is 55.3. The first-order valence-corrected chi connectivity index (χ1v) is 14.3. The lowest BCUT2D eigenvalue weighted by Gasteiger charge is -2.32. The molecule has 206 valence electrons. The van der Waals surface area contributed by atoms with Crippen LogP contribution < -0.4 is 9.62 Å². The lowest BCUT2D eigenvalue weighted by atomic mass is 10.1. The number of sulfonamides is 1. The van der Waals surface area contributed by atoms with Crippen molar-refractivity contribution in [2.75, 3.05) is 10.8 Å². The number of hydrogen-bond donors (Lipinski definition) is 1. The molecule has 0 aliphatic heterocycles. The van der Waals surface area contributed by atoms with Gasteiger partial charge in [0, 0.05) is 12.6 Å². The fraction of sp³-hybridized carbons (Fsp3) is 0.310. The maximum atomic E-state index is 13.8. The predicted molar refractivity (Wildman–Crippen MR) is 144 cm³/mol. The molecule has 0 heterocycles. The highest BCUT2D eigenvalue weighted by molar-refractivity contribution is 7.92. The van der Waals surface area contributed by atoms with Crippen molar-refractivity contribution in [3.8, 4) is 0 Å². The van der Waals surface area contributed by atoms with E-state index in [-0.39, 0.29) is 29.1 Å². The summed E-state index contributed by atoms with van der Waals surface area (Å²) >= 11 is 0.